The molecule has 0 aliphatic heterocycles. The van der Waals surface area contributed by atoms with Gasteiger partial charge in [0.15, 0.2) is 0 Å². The number of aliphatic hydroxyl groups is 1. The Bertz CT molecular complexity index is 630. The molecular weight excluding hydrogens is 339 g/mol. The molecule has 2 aromatic carbocycles. The monoisotopic (exact) mass is 361 g/mol. The van der Waals surface area contributed by atoms with Crippen molar-refractivity contribution in [3.63, 3.8) is 0 Å². The molecule has 6 nitrogen and oxygen atoms in total. The van der Waals surface area contributed by atoms with E-state index in [1.807, 2.05) is 0 Å². The van der Waals surface area contributed by atoms with E-state index in [1.54, 1.807) is 0 Å². The molecule has 0 atom stereocenters. The predicted octanol–water partition coefficient (Wildman–Crippen LogP) is 3.01. The van der Waals surface area contributed by atoms with Crippen LogP contribution in [-0.4, -0.2) is 17.3 Å². The van der Waals surface area contributed by atoms with Crippen molar-refractivity contribution < 1.29 is 28.4 Å². The number of aliphatic hydroxyl groups excluding tert-OH is 1. The smallest absolute Gasteiger partial charge is 0.134 e. The molecule has 0 aromatic heterocycles. The van der Waals surface area contributed by atoms with E-state index in [1.165, 1.54) is 36.7 Å². The lowest BCUT2D eigenvalue weighted by Crippen LogP contribution is -2.03. The van der Waals surface area contributed by atoms with E-state index in [-0.39, 0.29) is 34.5 Å². The fraction of sp³-hybridized carbons (Fsp3) is 0.125. The van der Waals surface area contributed by atoms with Gasteiger partial charge in [0.25, 0.3) is 0 Å². The van der Waals surface area contributed by atoms with E-state index in [0.717, 1.165) is 19.2 Å². The average molecular weight is 361 g/mol. The van der Waals surface area contributed by atoms with Crippen LogP contribution >= 0.6 is 0 Å². The van der Waals surface area contributed by atoms with Crippen LogP contribution < -0.4 is 21.9 Å². The molecule has 140 valence electrons. The Morgan fingerprint density at radius 1 is 1.12 bits per heavy atom. The first-order valence-corrected chi connectivity index (χ1v) is 6.58. The first kappa shape index (κ1) is 24.3. The second-order valence-corrected chi connectivity index (χ2v) is 4.20. The summed E-state index contributed by atoms with van der Waals surface area (Å²) in [5.74, 6) is -0.952. The first-order chi connectivity index (χ1) is 11.1. The molecule has 0 unspecified atom stereocenters. The zero-order valence-corrected chi connectivity index (χ0v) is 13.6. The highest BCUT2D eigenvalue weighted by Crippen LogP contribution is 2.22. The van der Waals surface area contributed by atoms with E-state index in [0.29, 0.717) is 5.75 Å². The maximum absolute atomic E-state index is 13.8. The lowest BCUT2D eigenvalue weighted by atomic mass is 10.2. The van der Waals surface area contributed by atoms with Crippen molar-refractivity contribution in [2.45, 2.75) is 6.61 Å². The molecule has 2 rings (SSSR count). The quantitative estimate of drug-likeness (QED) is 0.558. The van der Waals surface area contributed by atoms with Gasteiger partial charge in [0.2, 0.25) is 0 Å². The van der Waals surface area contributed by atoms with E-state index in [4.69, 9.17) is 20.7 Å². The molecule has 0 spiro atoms. The fourth-order valence-electron chi connectivity index (χ4n) is 1.67. The number of hydrogen-bond donors (Lipinski definition) is 5. The van der Waals surface area contributed by atoms with Crippen molar-refractivity contribution in [1.29, 1.82) is 0 Å². The standard InChI is InChI=1S/C15H14F2N2O2.CH4O.FH.H3N/c16-14-7-10(19-6-5-18)8-15(17)13(14)9-21-12-3-1-11(20)2-4-12;1-2;;/h1-8,19-20H,9,18H2;2H,1H3;1H;1H3/b6-5-;;;. The number of halogens is 3. The molecule has 0 radical (unpaired) electrons. The highest BCUT2D eigenvalue weighted by molar-refractivity contribution is 5.48. The minimum Gasteiger partial charge on any atom is -0.508 e. The van der Waals surface area contributed by atoms with Crippen LogP contribution in [-0.2, 0) is 6.61 Å². The van der Waals surface area contributed by atoms with Crippen LogP contribution in [0.2, 0.25) is 0 Å². The third-order valence-electron chi connectivity index (χ3n) is 2.71. The van der Waals surface area contributed by atoms with Gasteiger partial charge in [-0.15, -0.1) is 0 Å². The Kier molecular flexibility index (Phi) is 12.2. The van der Waals surface area contributed by atoms with Gasteiger partial charge in [-0.3, -0.25) is 4.70 Å². The molecule has 0 heterocycles. The van der Waals surface area contributed by atoms with Gasteiger partial charge in [0.1, 0.15) is 29.7 Å². The molecule has 0 saturated carbocycles. The molecule has 0 fully saturated rings. The van der Waals surface area contributed by atoms with Crippen LogP contribution in [0.25, 0.3) is 0 Å². The number of aromatic hydroxyl groups is 1. The number of ether oxygens (including phenoxy) is 1. The normalized spacial score (nSPS) is 9.28. The molecule has 0 aliphatic carbocycles. The highest BCUT2D eigenvalue weighted by Gasteiger charge is 2.12. The lowest BCUT2D eigenvalue weighted by Gasteiger charge is -2.10. The summed E-state index contributed by atoms with van der Waals surface area (Å²) in [6, 6.07) is 8.17. The van der Waals surface area contributed by atoms with Gasteiger partial charge >= 0.3 is 0 Å². The van der Waals surface area contributed by atoms with E-state index >= 15 is 0 Å². The summed E-state index contributed by atoms with van der Waals surface area (Å²) in [5.41, 5.74) is 5.21. The SMILES string of the molecule is CO.F.N.N/C=C\Nc1cc(F)c(COc2ccc(O)cc2)c(F)c1. The van der Waals surface area contributed by atoms with Gasteiger partial charge in [-0.25, -0.2) is 8.78 Å². The van der Waals surface area contributed by atoms with Gasteiger partial charge in [-0.2, -0.15) is 0 Å². The second kappa shape index (κ2) is 12.5. The lowest BCUT2D eigenvalue weighted by molar-refractivity contribution is 0.292. The van der Waals surface area contributed by atoms with Crippen LogP contribution in [0.5, 0.6) is 11.5 Å². The molecule has 8 N–H and O–H groups in total. The van der Waals surface area contributed by atoms with Gasteiger partial charge < -0.3 is 32.2 Å². The van der Waals surface area contributed by atoms with Crippen molar-refractivity contribution in [2.75, 3.05) is 12.4 Å². The number of benzene rings is 2. The van der Waals surface area contributed by atoms with Crippen LogP contribution in [0, 0.1) is 11.6 Å². The number of phenolic OH excluding ortho intramolecular Hbond substituents is 1. The maximum atomic E-state index is 13.8. The van der Waals surface area contributed by atoms with E-state index in [9.17, 15) is 8.78 Å². The first-order valence-electron chi connectivity index (χ1n) is 6.58. The minimum atomic E-state index is -0.721. The van der Waals surface area contributed by atoms with Crippen molar-refractivity contribution >= 4 is 5.69 Å². The average Bonchev–Trinajstić information content (AvgIpc) is 2.55. The number of nitrogens with one attached hydrogen (secondary N) is 1. The molecule has 0 aliphatic rings. The Hall–Kier alpha value is -2.91. The van der Waals surface area contributed by atoms with Gasteiger partial charge in [-0.05, 0) is 36.4 Å². The minimum absolute atomic E-state index is 0. The Morgan fingerprint density at radius 3 is 2.12 bits per heavy atom. The summed E-state index contributed by atoms with van der Waals surface area (Å²) in [4.78, 5) is 0. The van der Waals surface area contributed by atoms with Crippen LogP contribution in [0.15, 0.2) is 48.8 Å². The van der Waals surface area contributed by atoms with Gasteiger partial charge in [0.05, 0.1) is 5.56 Å². The number of hydrogen-bond acceptors (Lipinski definition) is 6. The molecule has 2 aromatic rings. The van der Waals surface area contributed by atoms with Gasteiger partial charge in [0, 0.05) is 25.2 Å². The largest absolute Gasteiger partial charge is 0.508 e. The fourth-order valence-corrected chi connectivity index (χ4v) is 1.67. The number of nitrogens with two attached hydrogens (primary N) is 1. The zero-order chi connectivity index (χ0) is 17.2. The van der Waals surface area contributed by atoms with E-state index in [2.05, 4.69) is 5.32 Å². The summed E-state index contributed by atoms with van der Waals surface area (Å²) in [7, 11) is 1.00. The Labute approximate surface area is 143 Å². The molecule has 0 bridgehead atoms. The van der Waals surface area contributed by atoms with Gasteiger partial charge in [-0.1, -0.05) is 0 Å². The molecular formula is C16H22F3N3O3. The zero-order valence-electron chi connectivity index (χ0n) is 13.6. The Morgan fingerprint density at radius 2 is 1.64 bits per heavy atom. The highest BCUT2D eigenvalue weighted by atomic mass is 19.1. The summed E-state index contributed by atoms with van der Waals surface area (Å²) < 4.78 is 33.0. The van der Waals surface area contributed by atoms with E-state index < -0.39 is 11.6 Å². The van der Waals surface area contributed by atoms with Crippen molar-refractivity contribution in [3.8, 4) is 11.5 Å². The number of anilines is 1. The van der Waals surface area contributed by atoms with Crippen molar-refractivity contribution in [1.82, 2.24) is 6.15 Å². The third kappa shape index (κ3) is 7.46. The summed E-state index contributed by atoms with van der Waals surface area (Å²) in [5, 5.41) is 18.8. The Balaban J connectivity index is 0. The molecule has 25 heavy (non-hydrogen) atoms. The second-order valence-electron chi connectivity index (χ2n) is 4.20. The van der Waals surface area contributed by atoms with Crippen LogP contribution in [0.4, 0.5) is 19.2 Å². The van der Waals surface area contributed by atoms with Crippen LogP contribution in [0.3, 0.4) is 0 Å². The molecule has 0 saturated heterocycles. The third-order valence-corrected chi connectivity index (χ3v) is 2.71. The van der Waals surface area contributed by atoms with Crippen molar-refractivity contribution in [3.05, 3.63) is 66.0 Å². The molecule has 9 heteroatoms. The number of phenols is 1. The van der Waals surface area contributed by atoms with Crippen molar-refractivity contribution in [2.24, 2.45) is 5.73 Å². The maximum Gasteiger partial charge on any atom is 0.134 e. The summed E-state index contributed by atoms with van der Waals surface area (Å²) in [6.07, 6.45) is 2.58. The topological polar surface area (TPSA) is 123 Å². The number of rotatable bonds is 5. The predicted molar refractivity (Wildman–Crippen MR) is 91.4 cm³/mol. The summed E-state index contributed by atoms with van der Waals surface area (Å²) in [6.45, 7) is -0.255. The summed E-state index contributed by atoms with van der Waals surface area (Å²) >= 11 is 0. The molecule has 0 amide bonds. The van der Waals surface area contributed by atoms with Crippen LogP contribution in [0.1, 0.15) is 5.56 Å².